The number of methoxy groups -OCH3 is 1. The first-order chi connectivity index (χ1) is 10.8. The third-order valence-electron chi connectivity index (χ3n) is 5.17. The summed E-state index contributed by atoms with van der Waals surface area (Å²) in [6, 6.07) is 13.3. The van der Waals surface area contributed by atoms with Crippen molar-refractivity contribution in [1.82, 2.24) is 0 Å². The van der Waals surface area contributed by atoms with Gasteiger partial charge in [-0.2, -0.15) is 0 Å². The van der Waals surface area contributed by atoms with Gasteiger partial charge in [0, 0.05) is 0 Å². The van der Waals surface area contributed by atoms with E-state index in [9.17, 15) is 0 Å². The van der Waals surface area contributed by atoms with E-state index in [2.05, 4.69) is 49.1 Å². The molecule has 0 aromatic heterocycles. The van der Waals surface area contributed by atoms with E-state index in [1.165, 1.54) is 54.9 Å². The number of ether oxygens (including phenoxy) is 1. The molecule has 22 heavy (non-hydrogen) atoms. The minimum Gasteiger partial charge on any atom is -0.497 e. The van der Waals surface area contributed by atoms with Gasteiger partial charge in [-0.25, -0.2) is 0 Å². The summed E-state index contributed by atoms with van der Waals surface area (Å²) in [5.41, 5.74) is 1.51. The average molecular weight is 294 g/mol. The second kappa shape index (κ2) is 7.00. The van der Waals surface area contributed by atoms with Crippen molar-refractivity contribution in [1.29, 1.82) is 0 Å². The lowest BCUT2D eigenvalue weighted by atomic mass is 9.77. The van der Waals surface area contributed by atoms with Crippen molar-refractivity contribution < 1.29 is 4.74 Å². The Morgan fingerprint density at radius 2 is 1.77 bits per heavy atom. The Balaban J connectivity index is 1.70. The molecule has 1 heteroatoms. The smallest absolute Gasteiger partial charge is 0.119 e. The zero-order valence-electron chi connectivity index (χ0n) is 13.6. The molecule has 3 rings (SSSR count). The van der Waals surface area contributed by atoms with E-state index in [0.717, 1.165) is 17.6 Å². The normalized spacial score (nSPS) is 21.7. The molecule has 2 aromatic rings. The molecular formula is C21H26O. The number of rotatable bonds is 5. The van der Waals surface area contributed by atoms with Crippen molar-refractivity contribution in [2.45, 2.75) is 44.4 Å². The van der Waals surface area contributed by atoms with Crippen LogP contribution in [0, 0.1) is 5.92 Å². The van der Waals surface area contributed by atoms with Gasteiger partial charge < -0.3 is 4.74 Å². The van der Waals surface area contributed by atoms with Crippen LogP contribution in [0.3, 0.4) is 0 Å². The molecule has 1 saturated carbocycles. The third-order valence-corrected chi connectivity index (χ3v) is 5.17. The number of hydrogen-bond acceptors (Lipinski definition) is 1. The first kappa shape index (κ1) is 15.1. The van der Waals surface area contributed by atoms with Gasteiger partial charge in [0.05, 0.1) is 7.11 Å². The second-order valence-corrected chi connectivity index (χ2v) is 6.56. The zero-order valence-corrected chi connectivity index (χ0v) is 13.6. The molecule has 0 spiro atoms. The molecule has 0 atom stereocenters. The monoisotopic (exact) mass is 294 g/mol. The standard InChI is InChI=1S/C21H26O/c1-3-4-5-16-6-8-17(9-7-16)18-10-11-20-15-21(22-2)13-12-19(20)14-18/h3,10-17H,1,4-9H2,2H3. The van der Waals surface area contributed by atoms with Gasteiger partial charge in [0.2, 0.25) is 0 Å². The lowest BCUT2D eigenvalue weighted by molar-refractivity contribution is 0.312. The SMILES string of the molecule is C=CCCC1CCC(c2ccc3cc(OC)ccc3c2)CC1. The van der Waals surface area contributed by atoms with Gasteiger partial charge >= 0.3 is 0 Å². The maximum atomic E-state index is 5.31. The molecule has 0 heterocycles. The number of fused-ring (bicyclic) bond motifs is 1. The van der Waals surface area contributed by atoms with E-state index >= 15 is 0 Å². The fraction of sp³-hybridized carbons (Fsp3) is 0.429. The van der Waals surface area contributed by atoms with E-state index in [1.54, 1.807) is 7.11 Å². The molecule has 1 aliphatic carbocycles. The van der Waals surface area contributed by atoms with E-state index in [-0.39, 0.29) is 0 Å². The van der Waals surface area contributed by atoms with Gasteiger partial charge in [0.15, 0.2) is 0 Å². The van der Waals surface area contributed by atoms with Crippen LogP contribution in [0.1, 0.15) is 50.0 Å². The topological polar surface area (TPSA) is 9.23 Å². The zero-order chi connectivity index (χ0) is 15.4. The molecule has 0 unspecified atom stereocenters. The summed E-state index contributed by atoms with van der Waals surface area (Å²) in [5.74, 6) is 2.59. The molecule has 0 bridgehead atoms. The highest BCUT2D eigenvalue weighted by molar-refractivity contribution is 5.84. The highest BCUT2D eigenvalue weighted by atomic mass is 16.5. The van der Waals surface area contributed by atoms with Crippen molar-refractivity contribution in [2.75, 3.05) is 7.11 Å². The quantitative estimate of drug-likeness (QED) is 0.606. The Labute approximate surface area is 134 Å². The van der Waals surface area contributed by atoms with Gasteiger partial charge in [-0.15, -0.1) is 6.58 Å². The highest BCUT2D eigenvalue weighted by Crippen LogP contribution is 2.38. The Hall–Kier alpha value is -1.76. The molecule has 0 aliphatic heterocycles. The van der Waals surface area contributed by atoms with Crippen LogP contribution in [0.4, 0.5) is 0 Å². The summed E-state index contributed by atoms with van der Waals surface area (Å²) >= 11 is 0. The largest absolute Gasteiger partial charge is 0.497 e. The van der Waals surface area contributed by atoms with E-state index in [1.807, 2.05) is 0 Å². The van der Waals surface area contributed by atoms with E-state index in [0.29, 0.717) is 0 Å². The van der Waals surface area contributed by atoms with Crippen LogP contribution < -0.4 is 4.74 Å². The molecule has 0 amide bonds. The average Bonchev–Trinajstić information content (AvgIpc) is 2.59. The van der Waals surface area contributed by atoms with Gasteiger partial charge in [0.25, 0.3) is 0 Å². The fourth-order valence-electron chi connectivity index (χ4n) is 3.76. The summed E-state index contributed by atoms with van der Waals surface area (Å²) in [7, 11) is 1.72. The first-order valence-electron chi connectivity index (χ1n) is 8.48. The molecule has 0 N–H and O–H groups in total. The molecule has 116 valence electrons. The highest BCUT2D eigenvalue weighted by Gasteiger charge is 2.21. The summed E-state index contributed by atoms with van der Waals surface area (Å²) in [6.45, 7) is 3.84. The Morgan fingerprint density at radius 1 is 1.05 bits per heavy atom. The number of hydrogen-bond donors (Lipinski definition) is 0. The molecule has 1 aliphatic rings. The third kappa shape index (κ3) is 3.35. The van der Waals surface area contributed by atoms with Crippen molar-refractivity contribution in [3.05, 3.63) is 54.6 Å². The minimum absolute atomic E-state index is 0.742. The van der Waals surface area contributed by atoms with Gasteiger partial charge in [-0.1, -0.05) is 30.3 Å². The predicted octanol–water partition coefficient (Wildman–Crippen LogP) is 6.09. The molecule has 2 aromatic carbocycles. The summed E-state index contributed by atoms with van der Waals surface area (Å²) < 4.78 is 5.31. The number of allylic oxidation sites excluding steroid dienone is 1. The van der Waals surface area contributed by atoms with Gasteiger partial charge in [0.1, 0.15) is 5.75 Å². The van der Waals surface area contributed by atoms with Gasteiger partial charge in [-0.3, -0.25) is 0 Å². The van der Waals surface area contributed by atoms with E-state index < -0.39 is 0 Å². The fourth-order valence-corrected chi connectivity index (χ4v) is 3.76. The van der Waals surface area contributed by atoms with Crippen molar-refractivity contribution in [3.63, 3.8) is 0 Å². The second-order valence-electron chi connectivity index (χ2n) is 6.56. The van der Waals surface area contributed by atoms with Crippen molar-refractivity contribution in [3.8, 4) is 5.75 Å². The van der Waals surface area contributed by atoms with Crippen LogP contribution >= 0.6 is 0 Å². The lowest BCUT2D eigenvalue weighted by Crippen LogP contribution is -2.13. The van der Waals surface area contributed by atoms with Gasteiger partial charge in [-0.05, 0) is 78.8 Å². The lowest BCUT2D eigenvalue weighted by Gasteiger charge is -2.28. The van der Waals surface area contributed by atoms with Crippen LogP contribution in [0.25, 0.3) is 10.8 Å². The van der Waals surface area contributed by atoms with Crippen LogP contribution in [-0.4, -0.2) is 7.11 Å². The van der Waals surface area contributed by atoms with Crippen molar-refractivity contribution >= 4 is 10.8 Å². The molecule has 1 nitrogen and oxygen atoms in total. The maximum absolute atomic E-state index is 5.31. The predicted molar refractivity (Wildman–Crippen MR) is 94.6 cm³/mol. The van der Waals surface area contributed by atoms with E-state index in [4.69, 9.17) is 4.74 Å². The maximum Gasteiger partial charge on any atom is 0.119 e. The Kier molecular flexibility index (Phi) is 4.82. The van der Waals surface area contributed by atoms with Crippen LogP contribution in [-0.2, 0) is 0 Å². The number of benzene rings is 2. The molecular weight excluding hydrogens is 268 g/mol. The van der Waals surface area contributed by atoms with Crippen LogP contribution in [0.2, 0.25) is 0 Å². The summed E-state index contributed by atoms with van der Waals surface area (Å²) in [4.78, 5) is 0. The summed E-state index contributed by atoms with van der Waals surface area (Å²) in [6.07, 6.45) is 9.98. The van der Waals surface area contributed by atoms with Crippen LogP contribution in [0.15, 0.2) is 49.1 Å². The first-order valence-corrected chi connectivity index (χ1v) is 8.48. The minimum atomic E-state index is 0.742. The molecule has 1 fully saturated rings. The Morgan fingerprint density at radius 3 is 2.50 bits per heavy atom. The molecule has 0 saturated heterocycles. The van der Waals surface area contributed by atoms with Crippen molar-refractivity contribution in [2.24, 2.45) is 5.92 Å². The Bertz CT molecular complexity index is 635. The summed E-state index contributed by atoms with van der Waals surface area (Å²) in [5, 5.41) is 2.59. The molecule has 0 radical (unpaired) electrons. The van der Waals surface area contributed by atoms with Crippen LogP contribution in [0.5, 0.6) is 5.75 Å².